The highest BCUT2D eigenvalue weighted by atomic mass is 32.2. The lowest BCUT2D eigenvalue weighted by atomic mass is 10.00. The Morgan fingerprint density at radius 3 is 2.21 bits per heavy atom. The lowest BCUT2D eigenvalue weighted by molar-refractivity contribution is 1.39. The molecule has 0 aliphatic rings. The maximum Gasteiger partial charge on any atom is 0.196 e. The van der Waals surface area contributed by atoms with Crippen molar-refractivity contribution in [3.8, 4) is 0 Å². The van der Waals surface area contributed by atoms with Gasteiger partial charge in [-0.05, 0) is 29.8 Å². The Balaban J connectivity index is 1.93. The fraction of sp³-hybridized carbons (Fsp3) is 0. The molecule has 1 N–H and O–H groups in total. The van der Waals surface area contributed by atoms with Gasteiger partial charge in [0.25, 0.3) is 0 Å². The topological polar surface area (TPSA) is 98.7 Å². The lowest BCUT2D eigenvalue weighted by Gasteiger charge is -2.15. The SMILES string of the molecule is [N-]=[N+]=Nc1c(Sc2ccccc2)c2sc3ccccc3[nH]c2c2c(=O)c3ccccc3c(=O)c12. The van der Waals surface area contributed by atoms with Crippen molar-refractivity contribution in [3.05, 3.63) is 110 Å². The molecule has 6 rings (SSSR count). The molecule has 0 atom stereocenters. The van der Waals surface area contributed by atoms with Crippen molar-refractivity contribution in [2.45, 2.75) is 9.79 Å². The van der Waals surface area contributed by atoms with Crippen LogP contribution >= 0.6 is 23.1 Å². The molecular formula is C26H14N4O2S2. The van der Waals surface area contributed by atoms with Gasteiger partial charge in [-0.2, -0.15) is 0 Å². The van der Waals surface area contributed by atoms with Crippen molar-refractivity contribution in [1.82, 2.24) is 4.98 Å². The monoisotopic (exact) mass is 478 g/mol. The molecule has 0 radical (unpaired) electrons. The van der Waals surface area contributed by atoms with E-state index in [0.717, 1.165) is 19.8 Å². The molecule has 1 heterocycles. The summed E-state index contributed by atoms with van der Waals surface area (Å²) in [6, 6.07) is 24.2. The normalized spacial score (nSPS) is 11.3. The summed E-state index contributed by atoms with van der Waals surface area (Å²) in [4.78, 5) is 35.4. The van der Waals surface area contributed by atoms with E-state index in [-0.39, 0.29) is 27.3 Å². The van der Waals surface area contributed by atoms with E-state index in [9.17, 15) is 15.1 Å². The number of aromatic amines is 1. The second-order valence-electron chi connectivity index (χ2n) is 7.66. The van der Waals surface area contributed by atoms with E-state index in [2.05, 4.69) is 15.0 Å². The molecule has 8 heteroatoms. The fourth-order valence-corrected chi connectivity index (χ4v) is 6.50. The lowest BCUT2D eigenvalue weighted by Crippen LogP contribution is -2.14. The Hall–Kier alpha value is -4.10. The second kappa shape index (κ2) is 8.04. The number of nitrogens with one attached hydrogen (secondary N) is 1. The first-order chi connectivity index (χ1) is 16.7. The zero-order valence-corrected chi connectivity index (χ0v) is 19.1. The minimum Gasteiger partial charge on any atom is -0.353 e. The van der Waals surface area contributed by atoms with Crippen LogP contribution in [0.1, 0.15) is 0 Å². The van der Waals surface area contributed by atoms with E-state index in [1.807, 2.05) is 54.6 Å². The van der Waals surface area contributed by atoms with Crippen LogP contribution in [0.5, 0.6) is 0 Å². The maximum atomic E-state index is 13.7. The number of hydrogen-bond donors (Lipinski definition) is 1. The van der Waals surface area contributed by atoms with Crippen molar-refractivity contribution < 1.29 is 0 Å². The van der Waals surface area contributed by atoms with Crippen LogP contribution in [0.2, 0.25) is 0 Å². The quantitative estimate of drug-likeness (QED) is 0.0937. The van der Waals surface area contributed by atoms with Crippen molar-refractivity contribution in [2.75, 3.05) is 0 Å². The van der Waals surface area contributed by atoms with Crippen LogP contribution in [0, 0.1) is 0 Å². The second-order valence-corrected chi connectivity index (χ2v) is 9.80. The van der Waals surface area contributed by atoms with Crippen molar-refractivity contribution in [1.29, 1.82) is 0 Å². The fourth-order valence-electron chi connectivity index (χ4n) is 4.25. The Bertz CT molecular complexity index is 1940. The number of azide groups is 1. The summed E-state index contributed by atoms with van der Waals surface area (Å²) in [5.41, 5.74) is 10.5. The summed E-state index contributed by atoms with van der Waals surface area (Å²) < 4.78 is 1.74. The van der Waals surface area contributed by atoms with Gasteiger partial charge in [-0.15, -0.1) is 11.3 Å². The van der Waals surface area contributed by atoms with Gasteiger partial charge < -0.3 is 4.98 Å². The Labute approximate surface area is 200 Å². The third-order valence-electron chi connectivity index (χ3n) is 5.72. The van der Waals surface area contributed by atoms with Crippen LogP contribution in [-0.2, 0) is 0 Å². The number of aromatic nitrogens is 1. The smallest absolute Gasteiger partial charge is 0.196 e. The maximum absolute atomic E-state index is 13.7. The number of rotatable bonds is 3. The van der Waals surface area contributed by atoms with Gasteiger partial charge in [0.2, 0.25) is 0 Å². The predicted octanol–water partition coefficient (Wildman–Crippen LogP) is 7.50. The van der Waals surface area contributed by atoms with Gasteiger partial charge >= 0.3 is 0 Å². The molecule has 6 aromatic rings. The Morgan fingerprint density at radius 2 is 1.47 bits per heavy atom. The largest absolute Gasteiger partial charge is 0.353 e. The highest BCUT2D eigenvalue weighted by molar-refractivity contribution is 8.00. The number of para-hydroxylation sites is 1. The summed E-state index contributed by atoms with van der Waals surface area (Å²) in [5, 5.41) is 5.04. The molecule has 0 aliphatic carbocycles. The summed E-state index contributed by atoms with van der Waals surface area (Å²) in [7, 11) is 0. The van der Waals surface area contributed by atoms with E-state index >= 15 is 0 Å². The van der Waals surface area contributed by atoms with Gasteiger partial charge in [0.15, 0.2) is 10.9 Å². The Morgan fingerprint density at radius 1 is 0.824 bits per heavy atom. The van der Waals surface area contributed by atoms with E-state index in [0.29, 0.717) is 21.2 Å². The Kier molecular flexibility index (Phi) is 4.85. The summed E-state index contributed by atoms with van der Waals surface area (Å²) in [6.45, 7) is 0. The van der Waals surface area contributed by atoms with Gasteiger partial charge in [-0.1, -0.05) is 71.5 Å². The minimum absolute atomic E-state index is 0.145. The summed E-state index contributed by atoms with van der Waals surface area (Å²) in [5.74, 6) is 0. The van der Waals surface area contributed by atoms with Crippen LogP contribution in [-0.4, -0.2) is 4.98 Å². The average Bonchev–Trinajstić information content (AvgIpc) is 2.88. The number of benzene rings is 5. The highest BCUT2D eigenvalue weighted by Crippen LogP contribution is 2.46. The van der Waals surface area contributed by atoms with Crippen LogP contribution in [0.4, 0.5) is 5.69 Å². The number of hydrogen-bond acceptors (Lipinski definition) is 5. The van der Waals surface area contributed by atoms with Crippen LogP contribution in [0.3, 0.4) is 0 Å². The standard InChI is InChI=1S/C26H14N4O2S2/c27-30-29-22-20-19(23(31)15-10-4-5-11-16(15)24(20)32)21-25(26(22)33-14-8-2-1-3-9-14)34-18-13-7-6-12-17(18)28-21/h1-13,28H. The molecule has 0 spiro atoms. The molecule has 0 aliphatic heterocycles. The zero-order chi connectivity index (χ0) is 23.2. The third-order valence-corrected chi connectivity index (χ3v) is 8.15. The number of H-pyrrole nitrogens is 1. The first kappa shape index (κ1) is 20.5. The third kappa shape index (κ3) is 3.08. The molecule has 34 heavy (non-hydrogen) atoms. The molecule has 0 amide bonds. The molecule has 5 aromatic carbocycles. The first-order valence-corrected chi connectivity index (χ1v) is 12.0. The van der Waals surface area contributed by atoms with E-state index in [1.165, 1.54) is 23.1 Å². The van der Waals surface area contributed by atoms with E-state index in [1.54, 1.807) is 24.3 Å². The van der Waals surface area contributed by atoms with Crippen molar-refractivity contribution >= 4 is 70.8 Å². The average molecular weight is 479 g/mol. The molecule has 0 fully saturated rings. The molecule has 1 aromatic heterocycles. The van der Waals surface area contributed by atoms with Crippen LogP contribution in [0.15, 0.2) is 103 Å². The number of fused-ring (bicyclic) bond motifs is 5. The summed E-state index contributed by atoms with van der Waals surface area (Å²) in [6.07, 6.45) is 0. The minimum atomic E-state index is -0.323. The first-order valence-electron chi connectivity index (χ1n) is 10.4. The van der Waals surface area contributed by atoms with E-state index < -0.39 is 0 Å². The number of nitrogens with zero attached hydrogens (tertiary/aromatic N) is 3. The molecule has 0 saturated heterocycles. The predicted molar refractivity (Wildman–Crippen MR) is 141 cm³/mol. The molecule has 0 saturated carbocycles. The van der Waals surface area contributed by atoms with Crippen LogP contribution in [0.25, 0.3) is 52.4 Å². The molecule has 162 valence electrons. The molecule has 0 bridgehead atoms. The van der Waals surface area contributed by atoms with Gasteiger partial charge in [0.1, 0.15) is 0 Å². The van der Waals surface area contributed by atoms with Gasteiger partial charge in [0, 0.05) is 30.9 Å². The molecule has 0 unspecified atom stereocenters. The van der Waals surface area contributed by atoms with Gasteiger partial charge in [-0.3, -0.25) is 9.59 Å². The van der Waals surface area contributed by atoms with Gasteiger partial charge in [-0.25, -0.2) is 0 Å². The molecular weight excluding hydrogens is 464 g/mol. The summed E-state index contributed by atoms with van der Waals surface area (Å²) >= 11 is 2.91. The zero-order valence-electron chi connectivity index (χ0n) is 17.5. The van der Waals surface area contributed by atoms with E-state index in [4.69, 9.17) is 0 Å². The van der Waals surface area contributed by atoms with Crippen molar-refractivity contribution in [2.24, 2.45) is 5.11 Å². The van der Waals surface area contributed by atoms with Crippen molar-refractivity contribution in [3.63, 3.8) is 0 Å². The molecule has 6 nitrogen and oxygen atoms in total. The van der Waals surface area contributed by atoms with Gasteiger partial charge in [0.05, 0.1) is 31.5 Å². The van der Waals surface area contributed by atoms with Crippen LogP contribution < -0.4 is 10.9 Å². The highest BCUT2D eigenvalue weighted by Gasteiger charge is 2.22.